The molecule has 4 saturated carbocycles. The Hall–Kier alpha value is -0.0800. The van der Waals surface area contributed by atoms with Crippen LogP contribution in [0.3, 0.4) is 0 Å². The third-order valence-corrected chi connectivity index (χ3v) is 10.8. The van der Waals surface area contributed by atoms with Crippen LogP contribution in [0.2, 0.25) is 0 Å². The number of hydrogen-bond donors (Lipinski definition) is 1. The first-order valence-electron chi connectivity index (χ1n) is 11.6. The van der Waals surface area contributed by atoms with E-state index in [2.05, 4.69) is 27.7 Å². The van der Waals surface area contributed by atoms with E-state index in [1.165, 1.54) is 44.9 Å². The van der Waals surface area contributed by atoms with E-state index in [0.717, 1.165) is 55.5 Å². The molecular weight excluding hydrogens is 320 g/mol. The van der Waals surface area contributed by atoms with Gasteiger partial charge in [-0.2, -0.15) is 0 Å². The molecule has 2 heteroatoms. The van der Waals surface area contributed by atoms with E-state index in [9.17, 15) is 5.11 Å². The second-order valence-corrected chi connectivity index (χ2v) is 11.6. The lowest BCUT2D eigenvalue weighted by Gasteiger charge is -2.62. The van der Waals surface area contributed by atoms with Crippen LogP contribution in [0, 0.1) is 40.4 Å². The van der Waals surface area contributed by atoms with Gasteiger partial charge >= 0.3 is 0 Å². The highest BCUT2D eigenvalue weighted by molar-refractivity contribution is 5.16. The predicted octanol–water partition coefficient (Wildman–Crippen LogP) is 5.58. The van der Waals surface area contributed by atoms with Crippen LogP contribution in [-0.2, 0) is 4.74 Å². The summed E-state index contributed by atoms with van der Waals surface area (Å²) < 4.78 is 5.99. The van der Waals surface area contributed by atoms with Crippen molar-refractivity contribution in [3.8, 4) is 0 Å². The van der Waals surface area contributed by atoms with Gasteiger partial charge in [-0.15, -0.1) is 0 Å². The van der Waals surface area contributed by atoms with Gasteiger partial charge in [0.1, 0.15) is 0 Å². The molecule has 5 aliphatic rings. The van der Waals surface area contributed by atoms with Crippen molar-refractivity contribution in [3.63, 3.8) is 0 Å². The molecule has 26 heavy (non-hydrogen) atoms. The highest BCUT2D eigenvalue weighted by Gasteiger charge is 2.67. The van der Waals surface area contributed by atoms with Crippen LogP contribution < -0.4 is 0 Å². The minimum Gasteiger partial charge on any atom is -0.389 e. The molecular formula is C24H40O2. The van der Waals surface area contributed by atoms with E-state index >= 15 is 0 Å². The van der Waals surface area contributed by atoms with Crippen molar-refractivity contribution in [1.82, 2.24) is 0 Å². The number of hydrogen-bond acceptors (Lipinski definition) is 2. The Morgan fingerprint density at radius 3 is 2.42 bits per heavy atom. The lowest BCUT2D eigenvalue weighted by molar-refractivity contribution is -0.163. The fourth-order valence-electron chi connectivity index (χ4n) is 9.08. The molecule has 5 fully saturated rings. The molecule has 1 saturated heterocycles. The summed E-state index contributed by atoms with van der Waals surface area (Å²) in [6.45, 7) is 10.8. The van der Waals surface area contributed by atoms with Gasteiger partial charge in [-0.05, 0) is 98.2 Å². The van der Waals surface area contributed by atoms with Crippen LogP contribution in [0.15, 0.2) is 0 Å². The molecule has 0 aromatic rings. The fourth-order valence-corrected chi connectivity index (χ4v) is 9.08. The van der Waals surface area contributed by atoms with E-state index in [-0.39, 0.29) is 16.6 Å². The summed E-state index contributed by atoms with van der Waals surface area (Å²) in [5.74, 6) is 4.13. The van der Waals surface area contributed by atoms with Gasteiger partial charge in [-0.3, -0.25) is 0 Å². The van der Waals surface area contributed by atoms with Crippen LogP contribution in [0.4, 0.5) is 0 Å². The Bertz CT molecular complexity index is 583. The van der Waals surface area contributed by atoms with E-state index in [1.54, 1.807) is 0 Å². The molecule has 1 heterocycles. The zero-order valence-electron chi connectivity index (χ0n) is 17.5. The molecule has 148 valence electrons. The van der Waals surface area contributed by atoms with Crippen molar-refractivity contribution in [3.05, 3.63) is 0 Å². The van der Waals surface area contributed by atoms with Gasteiger partial charge in [0, 0.05) is 0 Å². The van der Waals surface area contributed by atoms with Crippen LogP contribution in [-0.4, -0.2) is 22.9 Å². The molecule has 1 N–H and O–H groups in total. The minimum absolute atomic E-state index is 0.175. The topological polar surface area (TPSA) is 32.8 Å². The highest BCUT2D eigenvalue weighted by Crippen LogP contribution is 2.70. The van der Waals surface area contributed by atoms with Gasteiger partial charge in [-0.1, -0.05) is 34.1 Å². The average Bonchev–Trinajstić information content (AvgIpc) is 3.31. The van der Waals surface area contributed by atoms with Gasteiger partial charge < -0.3 is 9.84 Å². The summed E-state index contributed by atoms with van der Waals surface area (Å²) in [5.41, 5.74) is 0.580. The molecule has 1 spiro atoms. The largest absolute Gasteiger partial charge is 0.389 e. The second-order valence-electron chi connectivity index (χ2n) is 11.6. The van der Waals surface area contributed by atoms with Gasteiger partial charge in [0.25, 0.3) is 0 Å². The van der Waals surface area contributed by atoms with Crippen molar-refractivity contribution in [2.24, 2.45) is 40.4 Å². The normalized spacial score (nSPS) is 61.0. The number of fused-ring (bicyclic) bond motifs is 5. The maximum absolute atomic E-state index is 11.5. The molecule has 0 aromatic carbocycles. The first-order valence-corrected chi connectivity index (χ1v) is 11.6. The minimum atomic E-state index is -0.388. The zero-order valence-corrected chi connectivity index (χ0v) is 17.5. The first-order chi connectivity index (χ1) is 12.3. The lowest BCUT2D eigenvalue weighted by atomic mass is 9.43. The van der Waals surface area contributed by atoms with E-state index in [1.807, 2.05) is 0 Å². The quantitative estimate of drug-likeness (QED) is 0.652. The van der Waals surface area contributed by atoms with Crippen LogP contribution in [0.25, 0.3) is 0 Å². The fraction of sp³-hybridized carbons (Fsp3) is 1.00. The number of epoxide rings is 1. The summed E-state index contributed by atoms with van der Waals surface area (Å²) in [5, 5.41) is 11.5. The van der Waals surface area contributed by atoms with Crippen LogP contribution in [0.1, 0.15) is 91.9 Å². The molecule has 1 aliphatic heterocycles. The Labute approximate surface area is 160 Å². The average molecular weight is 361 g/mol. The molecule has 4 aliphatic carbocycles. The molecule has 0 amide bonds. The maximum atomic E-state index is 11.5. The maximum Gasteiger partial charge on any atom is 0.0944 e. The monoisotopic (exact) mass is 360 g/mol. The van der Waals surface area contributed by atoms with Gasteiger partial charge in [0.2, 0.25) is 0 Å². The third-order valence-electron chi connectivity index (χ3n) is 10.8. The van der Waals surface area contributed by atoms with Crippen LogP contribution in [0.5, 0.6) is 0 Å². The Morgan fingerprint density at radius 2 is 1.73 bits per heavy atom. The third kappa shape index (κ3) is 2.12. The summed E-state index contributed by atoms with van der Waals surface area (Å²) in [6, 6.07) is 0. The summed E-state index contributed by atoms with van der Waals surface area (Å²) >= 11 is 0. The van der Waals surface area contributed by atoms with Gasteiger partial charge in [-0.25, -0.2) is 0 Å². The number of rotatable bonds is 2. The first kappa shape index (κ1) is 18.0. The SMILES string of the molecule is CCC[C@]1(O)CCC2C3CCC4C[C@@]5(CO5)[C@H](C)C[C@]4(C)C3CC[C@@]21C. The number of ether oxygens (including phenoxy) is 1. The van der Waals surface area contributed by atoms with Crippen molar-refractivity contribution in [2.45, 2.75) is 103 Å². The lowest BCUT2D eigenvalue weighted by Crippen LogP contribution is -2.58. The number of aliphatic hydroxyl groups is 1. The van der Waals surface area contributed by atoms with Crippen molar-refractivity contribution in [1.29, 1.82) is 0 Å². The summed E-state index contributed by atoms with van der Waals surface area (Å²) in [4.78, 5) is 0. The molecule has 0 radical (unpaired) electrons. The molecule has 9 atom stereocenters. The highest BCUT2D eigenvalue weighted by atomic mass is 16.6. The molecule has 5 rings (SSSR count). The summed E-state index contributed by atoms with van der Waals surface area (Å²) in [6.07, 6.45) is 12.6. The zero-order chi connectivity index (χ0) is 18.4. The van der Waals surface area contributed by atoms with Crippen molar-refractivity contribution in [2.75, 3.05) is 6.61 Å². The van der Waals surface area contributed by atoms with Crippen molar-refractivity contribution >= 4 is 0 Å². The Morgan fingerprint density at radius 1 is 1.00 bits per heavy atom. The van der Waals surface area contributed by atoms with E-state index < -0.39 is 0 Å². The van der Waals surface area contributed by atoms with E-state index in [0.29, 0.717) is 5.41 Å². The van der Waals surface area contributed by atoms with Crippen molar-refractivity contribution < 1.29 is 9.84 Å². The molecule has 4 unspecified atom stereocenters. The molecule has 0 aromatic heterocycles. The summed E-state index contributed by atoms with van der Waals surface area (Å²) in [7, 11) is 0. The van der Waals surface area contributed by atoms with Gasteiger partial charge in [0.15, 0.2) is 0 Å². The smallest absolute Gasteiger partial charge is 0.0944 e. The Kier molecular flexibility index (Phi) is 3.80. The molecule has 0 bridgehead atoms. The second kappa shape index (κ2) is 5.50. The van der Waals surface area contributed by atoms with Crippen LogP contribution >= 0.6 is 0 Å². The van der Waals surface area contributed by atoms with Gasteiger partial charge in [0.05, 0.1) is 17.8 Å². The standard InChI is InChI=1S/C24H40O2/c1-5-10-24(25)12-9-20-18-7-6-17-14-23(15-26-23)16(2)13-21(17,3)19(18)8-11-22(20,24)4/h16-20,25H,5-15H2,1-4H3/t16-,17?,18?,19?,20?,21+,22+,23-,24+/m1/s1. The van der Waals surface area contributed by atoms with E-state index in [4.69, 9.17) is 4.74 Å². The Balaban J connectivity index is 1.43. The molecule has 2 nitrogen and oxygen atoms in total. The predicted molar refractivity (Wildman–Crippen MR) is 105 cm³/mol.